The van der Waals surface area contributed by atoms with Gasteiger partial charge in [0.15, 0.2) is 0 Å². The largest absolute Gasteiger partial charge is 0.479 e. The van der Waals surface area contributed by atoms with Crippen LogP contribution in [0.25, 0.3) is 0 Å². The number of rotatable bonds is 6. The molecule has 1 aliphatic heterocycles. The Kier molecular flexibility index (Phi) is 5.58. The van der Waals surface area contributed by atoms with E-state index in [2.05, 4.69) is 5.32 Å². The van der Waals surface area contributed by atoms with Crippen LogP contribution in [0.4, 0.5) is 0 Å². The lowest BCUT2D eigenvalue weighted by Gasteiger charge is -2.27. The van der Waals surface area contributed by atoms with Crippen molar-refractivity contribution < 1.29 is 14.7 Å². The van der Waals surface area contributed by atoms with Crippen molar-refractivity contribution in [2.24, 2.45) is 0 Å². The molecule has 21 heavy (non-hydrogen) atoms. The number of carbonyl (C=O) groups is 2. The first-order chi connectivity index (χ1) is 10.1. The maximum absolute atomic E-state index is 12.4. The van der Waals surface area contributed by atoms with Gasteiger partial charge in [-0.25, -0.2) is 4.79 Å². The molecule has 0 spiro atoms. The molecule has 0 radical (unpaired) electrons. The summed E-state index contributed by atoms with van der Waals surface area (Å²) in [5, 5.41) is 11.9. The van der Waals surface area contributed by atoms with Crippen molar-refractivity contribution in [3.8, 4) is 0 Å². The van der Waals surface area contributed by atoms with E-state index in [0.29, 0.717) is 18.6 Å². The highest BCUT2D eigenvalue weighted by Gasteiger charge is 2.44. The number of hydrogen-bond donors (Lipinski definition) is 2. The molecule has 2 atom stereocenters. The molecule has 1 heterocycles. The van der Waals surface area contributed by atoms with Crippen molar-refractivity contribution in [2.75, 3.05) is 11.5 Å². The Morgan fingerprint density at radius 3 is 2.67 bits per heavy atom. The average molecular weight is 325 g/mol. The number of benzene rings is 1. The molecular weight excluding hydrogens is 306 g/mol. The van der Waals surface area contributed by atoms with E-state index < -0.39 is 11.5 Å². The van der Waals surface area contributed by atoms with Crippen LogP contribution in [0.15, 0.2) is 35.2 Å². The second-order valence-electron chi connectivity index (χ2n) is 5.01. The highest BCUT2D eigenvalue weighted by Crippen LogP contribution is 2.30. The Morgan fingerprint density at radius 1 is 1.43 bits per heavy atom. The average Bonchev–Trinajstić information content (AvgIpc) is 2.95. The first-order valence-electron chi connectivity index (χ1n) is 6.92. The summed E-state index contributed by atoms with van der Waals surface area (Å²) < 4.78 is 0. The molecule has 2 unspecified atom stereocenters. The first kappa shape index (κ1) is 16.2. The SMILES string of the molecule is CCC(Sc1ccccc1)C(=O)NC1(C(=O)O)CCSC1. The lowest BCUT2D eigenvalue weighted by atomic mass is 9.99. The Bertz CT molecular complexity index is 501. The molecule has 1 saturated heterocycles. The van der Waals surface area contributed by atoms with E-state index in [1.165, 1.54) is 11.8 Å². The summed E-state index contributed by atoms with van der Waals surface area (Å²) in [6, 6.07) is 9.71. The fourth-order valence-corrected chi connectivity index (χ4v) is 4.49. The van der Waals surface area contributed by atoms with Crippen LogP contribution in [0.3, 0.4) is 0 Å². The lowest BCUT2D eigenvalue weighted by Crippen LogP contribution is -2.56. The summed E-state index contributed by atoms with van der Waals surface area (Å²) in [6.07, 6.45) is 1.15. The zero-order valence-corrected chi connectivity index (χ0v) is 13.5. The topological polar surface area (TPSA) is 66.4 Å². The van der Waals surface area contributed by atoms with Crippen LogP contribution >= 0.6 is 23.5 Å². The predicted molar refractivity (Wildman–Crippen MR) is 86.8 cm³/mol. The van der Waals surface area contributed by atoms with Gasteiger partial charge in [-0.05, 0) is 30.7 Å². The minimum atomic E-state index is -1.09. The standard InChI is InChI=1S/C15H19NO3S2/c1-2-12(21-11-6-4-3-5-7-11)13(17)16-15(14(18)19)8-9-20-10-15/h3-7,12H,2,8-10H2,1H3,(H,16,17)(H,18,19). The molecule has 2 rings (SSSR count). The highest BCUT2D eigenvalue weighted by atomic mass is 32.2. The van der Waals surface area contributed by atoms with E-state index in [4.69, 9.17) is 0 Å². The van der Waals surface area contributed by atoms with Crippen LogP contribution < -0.4 is 5.32 Å². The normalized spacial score (nSPS) is 22.7. The third-order valence-electron chi connectivity index (χ3n) is 3.48. The molecule has 0 aliphatic carbocycles. The van der Waals surface area contributed by atoms with Gasteiger partial charge in [-0.3, -0.25) is 4.79 Å². The van der Waals surface area contributed by atoms with Gasteiger partial charge in [0.1, 0.15) is 5.54 Å². The number of amides is 1. The molecule has 1 aromatic carbocycles. The maximum atomic E-state index is 12.4. The van der Waals surface area contributed by atoms with Gasteiger partial charge in [0.05, 0.1) is 5.25 Å². The van der Waals surface area contributed by atoms with Gasteiger partial charge in [0, 0.05) is 10.6 Å². The minimum Gasteiger partial charge on any atom is -0.479 e. The Labute approximate surface area is 133 Å². The Balaban J connectivity index is 2.04. The minimum absolute atomic E-state index is 0.184. The van der Waals surface area contributed by atoms with Gasteiger partial charge in [0.25, 0.3) is 0 Å². The van der Waals surface area contributed by atoms with Crippen LogP contribution in [0.5, 0.6) is 0 Å². The second-order valence-corrected chi connectivity index (χ2v) is 7.39. The number of carbonyl (C=O) groups excluding carboxylic acids is 1. The maximum Gasteiger partial charge on any atom is 0.330 e. The molecule has 1 aromatic rings. The van der Waals surface area contributed by atoms with Gasteiger partial charge < -0.3 is 10.4 Å². The van der Waals surface area contributed by atoms with E-state index in [1.807, 2.05) is 37.3 Å². The zero-order valence-electron chi connectivity index (χ0n) is 11.9. The van der Waals surface area contributed by atoms with Crippen LogP contribution in [0.2, 0.25) is 0 Å². The van der Waals surface area contributed by atoms with Crippen molar-refractivity contribution in [1.29, 1.82) is 0 Å². The molecule has 6 heteroatoms. The third kappa shape index (κ3) is 3.95. The molecular formula is C15H19NO3S2. The van der Waals surface area contributed by atoms with Crippen LogP contribution in [0, 0.1) is 0 Å². The van der Waals surface area contributed by atoms with E-state index in [1.54, 1.807) is 11.8 Å². The van der Waals surface area contributed by atoms with Crippen LogP contribution in [-0.4, -0.2) is 39.3 Å². The van der Waals surface area contributed by atoms with E-state index >= 15 is 0 Å². The molecule has 0 saturated carbocycles. The molecule has 114 valence electrons. The summed E-state index contributed by atoms with van der Waals surface area (Å²) in [4.78, 5) is 25.0. The van der Waals surface area contributed by atoms with Crippen molar-refractivity contribution in [3.63, 3.8) is 0 Å². The smallest absolute Gasteiger partial charge is 0.330 e. The van der Waals surface area contributed by atoms with Gasteiger partial charge >= 0.3 is 5.97 Å². The molecule has 0 aromatic heterocycles. The van der Waals surface area contributed by atoms with Gasteiger partial charge in [-0.15, -0.1) is 11.8 Å². The van der Waals surface area contributed by atoms with Crippen LogP contribution in [0.1, 0.15) is 19.8 Å². The first-order valence-corrected chi connectivity index (χ1v) is 8.96. The summed E-state index contributed by atoms with van der Waals surface area (Å²) in [5.41, 5.74) is -1.09. The van der Waals surface area contributed by atoms with Crippen molar-refractivity contribution >= 4 is 35.4 Å². The molecule has 1 aliphatic rings. The van der Waals surface area contributed by atoms with E-state index in [-0.39, 0.29) is 11.2 Å². The fraction of sp³-hybridized carbons (Fsp3) is 0.467. The molecule has 2 N–H and O–H groups in total. The number of carboxylic acid groups (broad SMARTS) is 1. The number of hydrogen-bond acceptors (Lipinski definition) is 4. The van der Waals surface area contributed by atoms with Crippen molar-refractivity contribution in [3.05, 3.63) is 30.3 Å². The molecule has 0 bridgehead atoms. The summed E-state index contributed by atoms with van der Waals surface area (Å²) in [5.74, 6) is 0.104. The quantitative estimate of drug-likeness (QED) is 0.787. The third-order valence-corrected chi connectivity index (χ3v) is 6.04. The fourth-order valence-electron chi connectivity index (χ4n) is 2.19. The van der Waals surface area contributed by atoms with E-state index in [9.17, 15) is 14.7 Å². The Morgan fingerprint density at radius 2 is 2.14 bits per heavy atom. The van der Waals surface area contributed by atoms with Crippen molar-refractivity contribution in [1.82, 2.24) is 5.32 Å². The van der Waals surface area contributed by atoms with Crippen molar-refractivity contribution in [2.45, 2.75) is 35.4 Å². The number of aliphatic carboxylic acids is 1. The second kappa shape index (κ2) is 7.22. The number of thioether (sulfide) groups is 2. The Hall–Kier alpha value is -1.14. The van der Waals surface area contributed by atoms with Gasteiger partial charge in [-0.2, -0.15) is 11.8 Å². The summed E-state index contributed by atoms with van der Waals surface area (Å²) in [7, 11) is 0. The van der Waals surface area contributed by atoms with Gasteiger partial charge in [-0.1, -0.05) is 25.1 Å². The molecule has 1 fully saturated rings. The number of nitrogens with one attached hydrogen (secondary N) is 1. The molecule has 4 nitrogen and oxygen atoms in total. The predicted octanol–water partition coefficient (Wildman–Crippen LogP) is 2.63. The zero-order chi connectivity index (χ0) is 15.3. The number of carboxylic acids is 1. The van der Waals surface area contributed by atoms with Crippen LogP contribution in [-0.2, 0) is 9.59 Å². The van der Waals surface area contributed by atoms with E-state index in [0.717, 1.165) is 10.6 Å². The summed E-state index contributed by atoms with van der Waals surface area (Å²) >= 11 is 3.05. The molecule has 1 amide bonds. The highest BCUT2D eigenvalue weighted by molar-refractivity contribution is 8.00. The lowest BCUT2D eigenvalue weighted by molar-refractivity contribution is -0.146. The summed E-state index contributed by atoms with van der Waals surface area (Å²) in [6.45, 7) is 1.94. The van der Waals surface area contributed by atoms with Gasteiger partial charge in [0.2, 0.25) is 5.91 Å². The monoisotopic (exact) mass is 325 g/mol.